The van der Waals surface area contributed by atoms with E-state index in [1.54, 1.807) is 4.90 Å². The summed E-state index contributed by atoms with van der Waals surface area (Å²) in [6.45, 7) is 3.27. The number of unbranched alkanes of at least 4 members (excludes halogenated alkanes) is 3. The van der Waals surface area contributed by atoms with E-state index in [0.717, 1.165) is 44.9 Å². The fourth-order valence-electron chi connectivity index (χ4n) is 5.76. The van der Waals surface area contributed by atoms with Gasteiger partial charge in [-0.25, -0.2) is 4.39 Å². The van der Waals surface area contributed by atoms with Gasteiger partial charge in [-0.15, -0.1) is 0 Å². The summed E-state index contributed by atoms with van der Waals surface area (Å²) in [6.07, 6.45) is 11.0. The van der Waals surface area contributed by atoms with E-state index in [1.165, 1.54) is 55.5 Å². The van der Waals surface area contributed by atoms with Crippen LogP contribution in [0, 0.1) is 11.7 Å². The molecule has 2 aromatic carbocycles. The summed E-state index contributed by atoms with van der Waals surface area (Å²) in [5, 5.41) is 6.23. The smallest absolute Gasteiger partial charge is 0.253 e. The van der Waals surface area contributed by atoms with Crippen molar-refractivity contribution in [2.75, 3.05) is 13.1 Å². The molecule has 3 amide bonds. The highest BCUT2D eigenvalue weighted by Gasteiger charge is 2.33. The monoisotopic (exact) mass is 535 g/mol. The van der Waals surface area contributed by atoms with Crippen molar-refractivity contribution < 1.29 is 18.8 Å². The zero-order valence-corrected chi connectivity index (χ0v) is 23.1. The zero-order valence-electron chi connectivity index (χ0n) is 23.1. The molecule has 1 aliphatic carbocycles. The Morgan fingerprint density at radius 2 is 1.49 bits per heavy atom. The second-order valence-electron chi connectivity index (χ2n) is 11.1. The number of nitrogens with one attached hydrogen (secondary N) is 2. The highest BCUT2D eigenvalue weighted by atomic mass is 19.1. The molecule has 39 heavy (non-hydrogen) atoms. The molecule has 2 N–H and O–H groups in total. The van der Waals surface area contributed by atoms with Crippen LogP contribution in [0.4, 0.5) is 4.39 Å². The molecule has 0 bridgehead atoms. The molecule has 1 aliphatic heterocycles. The highest BCUT2D eigenvalue weighted by Crippen LogP contribution is 2.23. The van der Waals surface area contributed by atoms with Crippen LogP contribution in [-0.2, 0) is 11.2 Å². The summed E-state index contributed by atoms with van der Waals surface area (Å²) < 4.78 is 13.2. The maximum absolute atomic E-state index is 13.3. The number of halogens is 1. The number of hydrogen-bond donors (Lipinski definition) is 2. The molecule has 0 radical (unpaired) electrons. The van der Waals surface area contributed by atoms with E-state index in [4.69, 9.17) is 0 Å². The van der Waals surface area contributed by atoms with Gasteiger partial charge in [0.25, 0.3) is 11.8 Å². The maximum atomic E-state index is 13.3. The standard InChI is InChI=1S/C32H42FN3O3/c1-2-3-4-5-9-23-13-15-25(16-14-23)32(39)36-21-8-10-26(22-36)31(38)35-29-12-7-6-11-28(29)34-30(37)24-17-19-27(33)20-18-24/h13-20,26,28-29H,2-12,21-22H2,1H3,(H,34,37)(H,35,38)/t26?,28-,29?/m1/s1. The van der Waals surface area contributed by atoms with Gasteiger partial charge in [-0.2, -0.15) is 0 Å². The molecule has 210 valence electrons. The number of benzene rings is 2. The minimum Gasteiger partial charge on any atom is -0.351 e. The Labute approximate surface area is 231 Å². The number of rotatable bonds is 10. The number of likely N-dealkylation sites (tertiary alicyclic amines) is 1. The topological polar surface area (TPSA) is 78.5 Å². The van der Waals surface area contributed by atoms with Crippen molar-refractivity contribution >= 4 is 17.7 Å². The number of amides is 3. The summed E-state index contributed by atoms with van der Waals surface area (Å²) >= 11 is 0. The van der Waals surface area contributed by atoms with E-state index in [1.807, 2.05) is 12.1 Å². The van der Waals surface area contributed by atoms with Gasteiger partial charge in [0.1, 0.15) is 5.82 Å². The third kappa shape index (κ3) is 8.13. The van der Waals surface area contributed by atoms with Crippen LogP contribution in [0.3, 0.4) is 0 Å². The Morgan fingerprint density at radius 3 is 2.18 bits per heavy atom. The Balaban J connectivity index is 1.30. The van der Waals surface area contributed by atoms with E-state index < -0.39 is 0 Å². The van der Waals surface area contributed by atoms with Crippen LogP contribution in [0.15, 0.2) is 48.5 Å². The molecule has 6 nitrogen and oxygen atoms in total. The molecule has 0 spiro atoms. The number of carbonyl (C=O) groups is 3. The van der Waals surface area contributed by atoms with Crippen LogP contribution in [0.5, 0.6) is 0 Å². The fourth-order valence-corrected chi connectivity index (χ4v) is 5.76. The van der Waals surface area contributed by atoms with Gasteiger partial charge in [0.2, 0.25) is 5.91 Å². The lowest BCUT2D eigenvalue weighted by Crippen LogP contribution is -2.55. The Kier molecular flexibility index (Phi) is 10.5. The highest BCUT2D eigenvalue weighted by molar-refractivity contribution is 5.95. The second-order valence-corrected chi connectivity index (χ2v) is 11.1. The average molecular weight is 536 g/mol. The summed E-state index contributed by atoms with van der Waals surface area (Å²) in [6, 6.07) is 13.1. The van der Waals surface area contributed by atoms with Crippen molar-refractivity contribution in [1.82, 2.24) is 15.5 Å². The molecule has 1 saturated carbocycles. The molecule has 3 atom stereocenters. The van der Waals surface area contributed by atoms with Gasteiger partial charge >= 0.3 is 0 Å². The Morgan fingerprint density at radius 1 is 0.821 bits per heavy atom. The first-order valence-electron chi connectivity index (χ1n) is 14.7. The third-order valence-electron chi connectivity index (χ3n) is 8.12. The zero-order chi connectivity index (χ0) is 27.6. The SMILES string of the molecule is CCCCCCc1ccc(C(=O)N2CCCC(C(=O)NC3CCCC[C@H]3NC(=O)c3ccc(F)cc3)C2)cc1. The lowest BCUT2D eigenvalue weighted by Gasteiger charge is -2.36. The van der Waals surface area contributed by atoms with Crippen LogP contribution < -0.4 is 10.6 Å². The minimum absolute atomic E-state index is 0.0212. The van der Waals surface area contributed by atoms with Crippen LogP contribution in [-0.4, -0.2) is 47.8 Å². The molecule has 2 aliphatic rings. The predicted octanol–water partition coefficient (Wildman–Crippen LogP) is 5.66. The predicted molar refractivity (Wildman–Crippen MR) is 151 cm³/mol. The van der Waals surface area contributed by atoms with E-state index >= 15 is 0 Å². The molecular formula is C32H42FN3O3. The molecule has 2 aromatic rings. The molecule has 7 heteroatoms. The van der Waals surface area contributed by atoms with Crippen molar-refractivity contribution in [3.63, 3.8) is 0 Å². The minimum atomic E-state index is -0.385. The van der Waals surface area contributed by atoms with Gasteiger partial charge in [0, 0.05) is 36.3 Å². The number of aryl methyl sites for hydroxylation is 1. The van der Waals surface area contributed by atoms with Crippen molar-refractivity contribution in [3.05, 3.63) is 71.0 Å². The third-order valence-corrected chi connectivity index (χ3v) is 8.12. The first kappa shape index (κ1) is 28.8. The van der Waals surface area contributed by atoms with Gasteiger partial charge in [-0.05, 0) is 80.5 Å². The molecule has 2 unspecified atom stereocenters. The molecular weight excluding hydrogens is 493 g/mol. The van der Waals surface area contributed by atoms with Crippen LogP contribution in [0.1, 0.15) is 97.4 Å². The Bertz CT molecular complexity index is 1100. The summed E-state index contributed by atoms with van der Waals surface area (Å²) in [4.78, 5) is 41.0. The molecule has 2 fully saturated rings. The number of carbonyl (C=O) groups excluding carboxylic acids is 3. The number of hydrogen-bond acceptors (Lipinski definition) is 3. The maximum Gasteiger partial charge on any atom is 0.253 e. The second kappa shape index (κ2) is 14.2. The normalized spacial score (nSPS) is 21.3. The first-order valence-corrected chi connectivity index (χ1v) is 14.7. The summed E-state index contributed by atoms with van der Waals surface area (Å²) in [5.41, 5.74) is 2.33. The lowest BCUT2D eigenvalue weighted by atomic mass is 9.88. The number of nitrogens with zero attached hydrogens (tertiary/aromatic N) is 1. The van der Waals surface area contributed by atoms with E-state index in [-0.39, 0.29) is 41.5 Å². The summed E-state index contributed by atoms with van der Waals surface area (Å²) in [5.74, 6) is -0.988. The average Bonchev–Trinajstić information content (AvgIpc) is 2.96. The van der Waals surface area contributed by atoms with Crippen molar-refractivity contribution in [3.8, 4) is 0 Å². The van der Waals surface area contributed by atoms with Gasteiger partial charge < -0.3 is 15.5 Å². The Hall–Kier alpha value is -3.22. The quantitative estimate of drug-likeness (QED) is 0.386. The van der Waals surface area contributed by atoms with Crippen LogP contribution in [0.2, 0.25) is 0 Å². The largest absolute Gasteiger partial charge is 0.351 e. The van der Waals surface area contributed by atoms with E-state index in [2.05, 4.69) is 29.7 Å². The fraction of sp³-hybridized carbons (Fsp3) is 0.531. The number of piperidine rings is 1. The first-order chi connectivity index (χ1) is 18.9. The van der Waals surface area contributed by atoms with Crippen LogP contribution >= 0.6 is 0 Å². The van der Waals surface area contributed by atoms with Gasteiger partial charge in [-0.1, -0.05) is 51.2 Å². The van der Waals surface area contributed by atoms with Crippen molar-refractivity contribution in [1.29, 1.82) is 0 Å². The van der Waals surface area contributed by atoms with Gasteiger partial charge in [-0.3, -0.25) is 14.4 Å². The molecule has 0 aromatic heterocycles. The molecule has 4 rings (SSSR count). The van der Waals surface area contributed by atoms with Crippen molar-refractivity contribution in [2.45, 2.75) is 89.6 Å². The van der Waals surface area contributed by atoms with Gasteiger partial charge in [0.15, 0.2) is 0 Å². The summed E-state index contributed by atoms with van der Waals surface area (Å²) in [7, 11) is 0. The van der Waals surface area contributed by atoms with Gasteiger partial charge in [0.05, 0.1) is 5.92 Å². The lowest BCUT2D eigenvalue weighted by molar-refractivity contribution is -0.127. The van der Waals surface area contributed by atoms with Crippen molar-refractivity contribution in [2.24, 2.45) is 5.92 Å². The molecule has 1 saturated heterocycles. The molecule has 1 heterocycles. The van der Waals surface area contributed by atoms with E-state index in [9.17, 15) is 18.8 Å². The van der Waals surface area contributed by atoms with Crippen LogP contribution in [0.25, 0.3) is 0 Å². The van der Waals surface area contributed by atoms with E-state index in [0.29, 0.717) is 24.2 Å².